The molecular weight excluding hydrogens is 226 g/mol. The maximum Gasteiger partial charge on any atom is 0.193 e. The lowest BCUT2D eigenvalue weighted by Crippen LogP contribution is -2.41. The van der Waals surface area contributed by atoms with Crippen LogP contribution < -0.4 is 5.32 Å². The Morgan fingerprint density at radius 2 is 2.17 bits per heavy atom. The van der Waals surface area contributed by atoms with Crippen molar-refractivity contribution >= 4 is 5.96 Å². The van der Waals surface area contributed by atoms with E-state index in [-0.39, 0.29) is 0 Å². The molecule has 0 aliphatic carbocycles. The van der Waals surface area contributed by atoms with Crippen molar-refractivity contribution in [1.29, 1.82) is 0 Å². The summed E-state index contributed by atoms with van der Waals surface area (Å²) < 4.78 is 5.06. The lowest BCUT2D eigenvalue weighted by molar-refractivity contribution is 0.202. The van der Waals surface area contributed by atoms with Crippen molar-refractivity contribution in [3.63, 3.8) is 0 Å². The molecule has 1 saturated heterocycles. The van der Waals surface area contributed by atoms with Gasteiger partial charge in [-0.1, -0.05) is 26.7 Å². The summed E-state index contributed by atoms with van der Waals surface area (Å²) in [6.45, 7) is 8.45. The summed E-state index contributed by atoms with van der Waals surface area (Å²) in [7, 11) is 3.59. The average Bonchev–Trinajstić information content (AvgIpc) is 2.86. The van der Waals surface area contributed by atoms with Crippen molar-refractivity contribution in [2.24, 2.45) is 16.8 Å². The molecule has 0 aromatic carbocycles. The molecule has 4 nitrogen and oxygen atoms in total. The van der Waals surface area contributed by atoms with Crippen LogP contribution in [0.5, 0.6) is 0 Å². The first-order valence-electron chi connectivity index (χ1n) is 7.21. The van der Waals surface area contributed by atoms with E-state index in [1.165, 1.54) is 19.3 Å². The standard InChI is InChI=1S/C14H29N3O/c1-5-12(6-2)13-7-9-17(11-13)14(15-3)16-8-10-18-4/h12-13H,5-11H2,1-4H3,(H,15,16). The second-order valence-corrected chi connectivity index (χ2v) is 5.04. The molecule has 0 amide bonds. The number of guanidine groups is 1. The monoisotopic (exact) mass is 255 g/mol. The van der Waals surface area contributed by atoms with Gasteiger partial charge in [0.05, 0.1) is 6.61 Å². The minimum absolute atomic E-state index is 0.725. The van der Waals surface area contributed by atoms with Crippen LogP contribution >= 0.6 is 0 Å². The zero-order chi connectivity index (χ0) is 13.4. The molecular formula is C14H29N3O. The summed E-state index contributed by atoms with van der Waals surface area (Å²) in [4.78, 5) is 6.75. The summed E-state index contributed by atoms with van der Waals surface area (Å²) in [6.07, 6.45) is 3.90. The van der Waals surface area contributed by atoms with E-state index >= 15 is 0 Å². The molecule has 18 heavy (non-hydrogen) atoms. The van der Waals surface area contributed by atoms with Crippen LogP contribution in [-0.4, -0.2) is 51.3 Å². The molecule has 0 bridgehead atoms. The number of hydrogen-bond donors (Lipinski definition) is 1. The van der Waals surface area contributed by atoms with Crippen molar-refractivity contribution in [2.75, 3.05) is 40.4 Å². The van der Waals surface area contributed by atoms with Gasteiger partial charge in [0.1, 0.15) is 0 Å². The SMILES string of the molecule is CCC(CC)C1CCN(C(=NC)NCCOC)C1. The van der Waals surface area contributed by atoms with Gasteiger partial charge in [-0.15, -0.1) is 0 Å². The van der Waals surface area contributed by atoms with E-state index in [4.69, 9.17) is 4.74 Å². The number of likely N-dealkylation sites (tertiary alicyclic amines) is 1. The third kappa shape index (κ3) is 4.16. The quantitative estimate of drug-likeness (QED) is 0.448. The molecule has 0 spiro atoms. The number of methoxy groups -OCH3 is 1. The first-order valence-corrected chi connectivity index (χ1v) is 7.21. The summed E-state index contributed by atoms with van der Waals surface area (Å²) in [5.74, 6) is 2.73. The predicted octanol–water partition coefficient (Wildman–Crippen LogP) is 1.97. The Morgan fingerprint density at radius 1 is 1.44 bits per heavy atom. The second kappa shape index (κ2) is 8.35. The van der Waals surface area contributed by atoms with Crippen molar-refractivity contribution in [3.05, 3.63) is 0 Å². The largest absolute Gasteiger partial charge is 0.383 e. The molecule has 0 aromatic rings. The van der Waals surface area contributed by atoms with E-state index in [1.807, 2.05) is 7.05 Å². The van der Waals surface area contributed by atoms with Gasteiger partial charge in [0, 0.05) is 33.8 Å². The average molecular weight is 255 g/mol. The number of nitrogens with one attached hydrogen (secondary N) is 1. The lowest BCUT2D eigenvalue weighted by atomic mass is 9.87. The highest BCUT2D eigenvalue weighted by atomic mass is 16.5. The van der Waals surface area contributed by atoms with E-state index < -0.39 is 0 Å². The lowest BCUT2D eigenvalue weighted by Gasteiger charge is -2.24. The van der Waals surface area contributed by atoms with Crippen molar-refractivity contribution < 1.29 is 4.74 Å². The van der Waals surface area contributed by atoms with Crippen LogP contribution in [0, 0.1) is 11.8 Å². The molecule has 1 aliphatic rings. The topological polar surface area (TPSA) is 36.9 Å². The van der Waals surface area contributed by atoms with Gasteiger partial charge in [-0.2, -0.15) is 0 Å². The Bertz CT molecular complexity index is 251. The molecule has 1 rings (SSSR count). The number of nitrogens with zero attached hydrogens (tertiary/aromatic N) is 2. The molecule has 1 unspecified atom stereocenters. The van der Waals surface area contributed by atoms with Gasteiger partial charge in [0.15, 0.2) is 5.96 Å². The van der Waals surface area contributed by atoms with Gasteiger partial charge in [-0.05, 0) is 18.3 Å². The molecule has 1 heterocycles. The Hall–Kier alpha value is -0.770. The van der Waals surface area contributed by atoms with Gasteiger partial charge in [-0.3, -0.25) is 4.99 Å². The molecule has 4 heteroatoms. The predicted molar refractivity (Wildman–Crippen MR) is 77.0 cm³/mol. The highest BCUT2D eigenvalue weighted by Gasteiger charge is 2.29. The van der Waals surface area contributed by atoms with E-state index in [0.29, 0.717) is 0 Å². The van der Waals surface area contributed by atoms with Crippen molar-refractivity contribution in [3.8, 4) is 0 Å². The molecule has 106 valence electrons. The highest BCUT2D eigenvalue weighted by molar-refractivity contribution is 5.80. The van der Waals surface area contributed by atoms with Crippen LogP contribution in [0.4, 0.5) is 0 Å². The Labute approximate surface area is 112 Å². The number of aliphatic imine (C=N–C) groups is 1. The fraction of sp³-hybridized carbons (Fsp3) is 0.929. The number of rotatable bonds is 6. The maximum absolute atomic E-state index is 5.06. The third-order valence-corrected chi connectivity index (χ3v) is 4.04. The minimum Gasteiger partial charge on any atom is -0.383 e. The van der Waals surface area contributed by atoms with Gasteiger partial charge in [-0.25, -0.2) is 0 Å². The Kier molecular flexibility index (Phi) is 7.09. The van der Waals surface area contributed by atoms with Crippen LogP contribution in [0.25, 0.3) is 0 Å². The van der Waals surface area contributed by atoms with Gasteiger partial charge in [0.2, 0.25) is 0 Å². The fourth-order valence-electron chi connectivity index (χ4n) is 2.92. The van der Waals surface area contributed by atoms with Gasteiger partial charge < -0.3 is 15.0 Å². The summed E-state index contributed by atoms with van der Waals surface area (Å²) >= 11 is 0. The minimum atomic E-state index is 0.725. The first-order chi connectivity index (χ1) is 8.76. The molecule has 0 saturated carbocycles. The van der Waals surface area contributed by atoms with Crippen LogP contribution in [-0.2, 0) is 4.74 Å². The molecule has 0 aromatic heterocycles. The van der Waals surface area contributed by atoms with E-state index in [0.717, 1.165) is 44.0 Å². The Balaban J connectivity index is 2.43. The first kappa shape index (κ1) is 15.3. The fourth-order valence-corrected chi connectivity index (χ4v) is 2.92. The van der Waals surface area contributed by atoms with Crippen molar-refractivity contribution in [1.82, 2.24) is 10.2 Å². The van der Waals surface area contributed by atoms with E-state index in [1.54, 1.807) is 7.11 Å². The van der Waals surface area contributed by atoms with E-state index in [9.17, 15) is 0 Å². The smallest absolute Gasteiger partial charge is 0.193 e. The second-order valence-electron chi connectivity index (χ2n) is 5.04. The molecule has 0 radical (unpaired) electrons. The zero-order valence-electron chi connectivity index (χ0n) is 12.4. The highest BCUT2D eigenvalue weighted by Crippen LogP contribution is 2.28. The number of ether oxygens (including phenoxy) is 1. The van der Waals surface area contributed by atoms with Crippen LogP contribution in [0.15, 0.2) is 4.99 Å². The van der Waals surface area contributed by atoms with E-state index in [2.05, 4.69) is 29.1 Å². The summed E-state index contributed by atoms with van der Waals surface area (Å²) in [6, 6.07) is 0. The summed E-state index contributed by atoms with van der Waals surface area (Å²) in [5, 5.41) is 3.36. The van der Waals surface area contributed by atoms with Crippen molar-refractivity contribution in [2.45, 2.75) is 33.1 Å². The zero-order valence-corrected chi connectivity index (χ0v) is 12.4. The molecule has 1 N–H and O–H groups in total. The Morgan fingerprint density at radius 3 is 2.72 bits per heavy atom. The van der Waals surface area contributed by atoms with Crippen LogP contribution in [0.3, 0.4) is 0 Å². The normalized spacial score (nSPS) is 20.8. The summed E-state index contributed by atoms with van der Waals surface area (Å²) in [5.41, 5.74) is 0. The molecule has 1 aliphatic heterocycles. The van der Waals surface area contributed by atoms with Crippen LogP contribution in [0.1, 0.15) is 33.1 Å². The van der Waals surface area contributed by atoms with Gasteiger partial charge in [0.25, 0.3) is 0 Å². The molecule has 1 atom stereocenters. The van der Waals surface area contributed by atoms with Gasteiger partial charge >= 0.3 is 0 Å². The molecule has 1 fully saturated rings. The maximum atomic E-state index is 5.06. The van der Waals surface area contributed by atoms with Crippen LogP contribution in [0.2, 0.25) is 0 Å². The number of hydrogen-bond acceptors (Lipinski definition) is 2. The third-order valence-electron chi connectivity index (χ3n) is 4.04.